The first-order chi connectivity index (χ1) is 8.95. The number of halogens is 1. The molecule has 0 bridgehead atoms. The second-order valence-electron chi connectivity index (χ2n) is 3.96. The summed E-state index contributed by atoms with van der Waals surface area (Å²) in [6.07, 6.45) is 0. The van der Waals surface area contributed by atoms with Gasteiger partial charge in [0.25, 0.3) is 11.6 Å². The van der Waals surface area contributed by atoms with Crippen molar-refractivity contribution in [2.75, 3.05) is 13.2 Å². The molecular formula is C12H15ClN2O4. The minimum absolute atomic E-state index is 0.0512. The van der Waals surface area contributed by atoms with Crippen LogP contribution in [0.4, 0.5) is 5.69 Å². The molecule has 6 nitrogen and oxygen atoms in total. The number of nitro groups is 1. The minimum Gasteiger partial charge on any atom is -0.380 e. The molecule has 1 aromatic rings. The largest absolute Gasteiger partial charge is 0.380 e. The van der Waals surface area contributed by atoms with Crippen LogP contribution in [0, 0.1) is 10.1 Å². The van der Waals surface area contributed by atoms with Crippen molar-refractivity contribution in [1.29, 1.82) is 0 Å². The minimum atomic E-state index is -0.564. The Labute approximate surface area is 115 Å². The number of carbonyl (C=O) groups is 1. The number of benzene rings is 1. The molecule has 0 saturated heterocycles. The molecule has 0 aliphatic carbocycles. The normalized spacial score (nSPS) is 11.9. The number of ether oxygens (including phenoxy) is 1. The summed E-state index contributed by atoms with van der Waals surface area (Å²) in [6.45, 7) is 4.62. The van der Waals surface area contributed by atoms with Crippen LogP contribution in [0.1, 0.15) is 24.2 Å². The van der Waals surface area contributed by atoms with E-state index in [9.17, 15) is 14.9 Å². The number of non-ortho nitro benzene ring substituents is 1. The predicted octanol–water partition coefficient (Wildman–Crippen LogP) is 2.40. The summed E-state index contributed by atoms with van der Waals surface area (Å²) >= 11 is 5.86. The molecule has 0 fully saturated rings. The van der Waals surface area contributed by atoms with Gasteiger partial charge in [-0.05, 0) is 19.9 Å². The number of hydrogen-bond donors (Lipinski definition) is 1. The van der Waals surface area contributed by atoms with Crippen LogP contribution < -0.4 is 5.32 Å². The molecule has 19 heavy (non-hydrogen) atoms. The van der Waals surface area contributed by atoms with Crippen LogP contribution in [0.25, 0.3) is 0 Å². The van der Waals surface area contributed by atoms with Gasteiger partial charge in [0.2, 0.25) is 0 Å². The second-order valence-corrected chi connectivity index (χ2v) is 4.36. The number of amides is 1. The van der Waals surface area contributed by atoms with Crippen molar-refractivity contribution >= 4 is 23.2 Å². The van der Waals surface area contributed by atoms with Crippen LogP contribution in [-0.4, -0.2) is 30.1 Å². The van der Waals surface area contributed by atoms with Gasteiger partial charge in [0.1, 0.15) is 0 Å². The van der Waals surface area contributed by atoms with E-state index in [1.54, 1.807) is 6.92 Å². The Morgan fingerprint density at radius 3 is 2.79 bits per heavy atom. The van der Waals surface area contributed by atoms with E-state index in [-0.39, 0.29) is 28.2 Å². The van der Waals surface area contributed by atoms with E-state index < -0.39 is 4.92 Å². The summed E-state index contributed by atoms with van der Waals surface area (Å²) < 4.78 is 5.18. The van der Waals surface area contributed by atoms with Gasteiger partial charge in [-0.2, -0.15) is 0 Å². The van der Waals surface area contributed by atoms with Gasteiger partial charge < -0.3 is 10.1 Å². The van der Waals surface area contributed by atoms with Gasteiger partial charge >= 0.3 is 0 Å². The van der Waals surface area contributed by atoms with E-state index in [0.29, 0.717) is 13.2 Å². The first kappa shape index (κ1) is 15.4. The lowest BCUT2D eigenvalue weighted by molar-refractivity contribution is -0.384. The highest BCUT2D eigenvalue weighted by atomic mass is 35.5. The zero-order valence-corrected chi connectivity index (χ0v) is 11.4. The first-order valence-corrected chi connectivity index (χ1v) is 6.16. The number of hydrogen-bond acceptors (Lipinski definition) is 4. The standard InChI is InChI=1S/C12H15ClN2O4/c1-3-19-7-8(2)14-12(16)10-5-4-9(15(17)18)6-11(10)13/h4-6,8H,3,7H2,1-2H3,(H,14,16). The van der Waals surface area contributed by atoms with Crippen LogP contribution >= 0.6 is 11.6 Å². The van der Waals surface area contributed by atoms with Crippen LogP contribution in [-0.2, 0) is 4.74 Å². The lowest BCUT2D eigenvalue weighted by Crippen LogP contribution is -2.36. The van der Waals surface area contributed by atoms with Crippen molar-refractivity contribution in [2.45, 2.75) is 19.9 Å². The molecule has 104 valence electrons. The van der Waals surface area contributed by atoms with E-state index in [2.05, 4.69) is 5.32 Å². The van der Waals surface area contributed by atoms with Crippen molar-refractivity contribution in [3.63, 3.8) is 0 Å². The first-order valence-electron chi connectivity index (χ1n) is 5.78. The highest BCUT2D eigenvalue weighted by molar-refractivity contribution is 6.34. The molecule has 0 radical (unpaired) electrons. The van der Waals surface area contributed by atoms with E-state index in [1.165, 1.54) is 12.1 Å². The Morgan fingerprint density at radius 1 is 1.58 bits per heavy atom. The molecule has 1 rings (SSSR count). The highest BCUT2D eigenvalue weighted by Gasteiger charge is 2.16. The molecule has 1 N–H and O–H groups in total. The number of carbonyl (C=O) groups excluding carboxylic acids is 1. The summed E-state index contributed by atoms with van der Waals surface area (Å²) in [5, 5.41) is 13.3. The molecule has 0 spiro atoms. The molecule has 0 aliphatic rings. The maximum absolute atomic E-state index is 11.9. The van der Waals surface area contributed by atoms with Gasteiger partial charge in [-0.25, -0.2) is 0 Å². The predicted molar refractivity (Wildman–Crippen MR) is 71.5 cm³/mol. The van der Waals surface area contributed by atoms with Crippen molar-refractivity contribution in [3.8, 4) is 0 Å². The monoisotopic (exact) mass is 286 g/mol. The van der Waals surface area contributed by atoms with Crippen LogP contribution in [0.15, 0.2) is 18.2 Å². The molecule has 1 unspecified atom stereocenters. The summed E-state index contributed by atoms with van der Waals surface area (Å²) in [6, 6.07) is 3.57. The zero-order chi connectivity index (χ0) is 14.4. The topological polar surface area (TPSA) is 81.5 Å². The van der Waals surface area contributed by atoms with Crippen molar-refractivity contribution < 1.29 is 14.5 Å². The van der Waals surface area contributed by atoms with Gasteiger partial charge in [-0.15, -0.1) is 0 Å². The Morgan fingerprint density at radius 2 is 2.26 bits per heavy atom. The molecule has 1 amide bonds. The maximum Gasteiger partial charge on any atom is 0.270 e. The average molecular weight is 287 g/mol. The second kappa shape index (κ2) is 7.06. The Hall–Kier alpha value is -1.66. The van der Waals surface area contributed by atoms with Crippen LogP contribution in [0.5, 0.6) is 0 Å². The molecule has 0 heterocycles. The molecule has 1 atom stereocenters. The maximum atomic E-state index is 11.9. The molecule has 7 heteroatoms. The summed E-state index contributed by atoms with van der Waals surface area (Å²) in [5.41, 5.74) is 0.0551. The van der Waals surface area contributed by atoms with Gasteiger partial charge in [-0.3, -0.25) is 14.9 Å². The van der Waals surface area contributed by atoms with Crippen LogP contribution in [0.3, 0.4) is 0 Å². The van der Waals surface area contributed by atoms with E-state index in [0.717, 1.165) is 6.07 Å². The molecule has 0 aromatic heterocycles. The third-order valence-electron chi connectivity index (χ3n) is 2.36. The Kier molecular flexibility index (Phi) is 5.72. The van der Waals surface area contributed by atoms with Crippen LogP contribution in [0.2, 0.25) is 5.02 Å². The van der Waals surface area contributed by atoms with Crippen molar-refractivity contribution in [3.05, 3.63) is 38.9 Å². The summed E-state index contributed by atoms with van der Waals surface area (Å²) in [5.74, 6) is -0.382. The molecule has 0 aliphatic heterocycles. The summed E-state index contributed by atoms with van der Waals surface area (Å²) in [4.78, 5) is 21.9. The van der Waals surface area contributed by atoms with Gasteiger partial charge in [0.15, 0.2) is 0 Å². The van der Waals surface area contributed by atoms with Gasteiger partial charge in [0.05, 0.1) is 22.1 Å². The number of rotatable bonds is 6. The fourth-order valence-corrected chi connectivity index (χ4v) is 1.70. The van der Waals surface area contributed by atoms with Gasteiger partial charge in [-0.1, -0.05) is 11.6 Å². The summed E-state index contributed by atoms with van der Waals surface area (Å²) in [7, 11) is 0. The Bertz CT molecular complexity index is 479. The Balaban J connectivity index is 2.74. The van der Waals surface area contributed by atoms with E-state index >= 15 is 0 Å². The van der Waals surface area contributed by atoms with Gasteiger partial charge in [0, 0.05) is 24.8 Å². The molecular weight excluding hydrogens is 272 g/mol. The SMILES string of the molecule is CCOCC(C)NC(=O)c1ccc([N+](=O)[O-])cc1Cl. The zero-order valence-electron chi connectivity index (χ0n) is 10.7. The number of nitrogens with one attached hydrogen (secondary N) is 1. The quantitative estimate of drug-likeness (QED) is 0.643. The highest BCUT2D eigenvalue weighted by Crippen LogP contribution is 2.22. The number of nitrogens with zero attached hydrogens (tertiary/aromatic N) is 1. The molecule has 1 aromatic carbocycles. The average Bonchev–Trinajstić information content (AvgIpc) is 2.35. The number of nitro benzene ring substituents is 1. The van der Waals surface area contributed by atoms with Crippen molar-refractivity contribution in [2.24, 2.45) is 0 Å². The third-order valence-corrected chi connectivity index (χ3v) is 2.67. The fourth-order valence-electron chi connectivity index (χ4n) is 1.44. The lowest BCUT2D eigenvalue weighted by Gasteiger charge is -2.14. The third kappa shape index (κ3) is 4.50. The lowest BCUT2D eigenvalue weighted by atomic mass is 10.2. The smallest absolute Gasteiger partial charge is 0.270 e. The fraction of sp³-hybridized carbons (Fsp3) is 0.417. The molecule has 0 saturated carbocycles. The van der Waals surface area contributed by atoms with Crippen molar-refractivity contribution in [1.82, 2.24) is 5.32 Å². The van der Waals surface area contributed by atoms with E-state index in [4.69, 9.17) is 16.3 Å². The van der Waals surface area contributed by atoms with E-state index in [1.807, 2.05) is 6.92 Å².